The molecule has 2 aromatic rings. The van der Waals surface area contributed by atoms with Crippen LogP contribution in [0.1, 0.15) is 0 Å². The monoisotopic (exact) mass is 251 g/mol. The third-order valence-electron chi connectivity index (χ3n) is 2.07. The van der Waals surface area contributed by atoms with Crippen LogP contribution in [0.5, 0.6) is 0 Å². The summed E-state index contributed by atoms with van der Waals surface area (Å²) in [4.78, 5) is 17.7. The molecule has 0 unspecified atom stereocenters. The second-order valence-corrected chi connectivity index (χ2v) is 3.38. The molecule has 0 atom stereocenters. The van der Waals surface area contributed by atoms with Gasteiger partial charge in [0.05, 0.1) is 0 Å². The Kier molecular flexibility index (Phi) is 3.13. The van der Waals surface area contributed by atoms with Crippen LogP contribution < -0.4 is 5.32 Å². The molecule has 1 aromatic carbocycles. The number of amides is 1. The third kappa shape index (κ3) is 2.76. The summed E-state index contributed by atoms with van der Waals surface area (Å²) in [5.74, 6) is -1.53. The smallest absolute Gasteiger partial charge is 0.411 e. The van der Waals surface area contributed by atoms with Crippen molar-refractivity contribution < 1.29 is 18.7 Å². The maximum atomic E-state index is 13.0. The number of halogens is 2. The van der Waals surface area contributed by atoms with Gasteiger partial charge in [0.25, 0.3) is 0 Å². The van der Waals surface area contributed by atoms with E-state index in [9.17, 15) is 13.6 Å². The first kappa shape index (κ1) is 11.9. The van der Waals surface area contributed by atoms with E-state index in [-0.39, 0.29) is 11.5 Å². The molecule has 92 valence electrons. The number of nitrogens with one attached hydrogen (secondary N) is 1. The molecule has 0 aliphatic carbocycles. The van der Waals surface area contributed by atoms with Crippen molar-refractivity contribution in [2.75, 3.05) is 5.32 Å². The minimum absolute atomic E-state index is 0.108. The van der Waals surface area contributed by atoms with Gasteiger partial charge < -0.3 is 5.11 Å². The molecule has 7 heteroatoms. The van der Waals surface area contributed by atoms with Crippen molar-refractivity contribution in [2.24, 2.45) is 0 Å². The van der Waals surface area contributed by atoms with Crippen LogP contribution in [-0.4, -0.2) is 21.2 Å². The lowest BCUT2D eigenvalue weighted by Gasteiger charge is -2.03. The highest BCUT2D eigenvalue weighted by molar-refractivity contribution is 5.80. The van der Waals surface area contributed by atoms with Crippen LogP contribution in [0.3, 0.4) is 0 Å². The first-order valence-corrected chi connectivity index (χ1v) is 4.83. The minimum Gasteiger partial charge on any atom is -0.465 e. The highest BCUT2D eigenvalue weighted by Gasteiger charge is 2.05. The lowest BCUT2D eigenvalue weighted by molar-refractivity contribution is 0.209. The van der Waals surface area contributed by atoms with E-state index in [2.05, 4.69) is 9.97 Å². The Bertz CT molecular complexity index is 567. The van der Waals surface area contributed by atoms with Gasteiger partial charge in [0.1, 0.15) is 11.6 Å². The average molecular weight is 251 g/mol. The summed E-state index contributed by atoms with van der Waals surface area (Å²) >= 11 is 0. The van der Waals surface area contributed by atoms with Crippen LogP contribution in [0.25, 0.3) is 11.1 Å². The van der Waals surface area contributed by atoms with Gasteiger partial charge in [0.2, 0.25) is 5.95 Å². The summed E-state index contributed by atoms with van der Waals surface area (Å²) in [6.07, 6.45) is 1.25. The summed E-state index contributed by atoms with van der Waals surface area (Å²) < 4.78 is 26.0. The van der Waals surface area contributed by atoms with Gasteiger partial charge in [0, 0.05) is 24.0 Å². The fraction of sp³-hybridized carbons (Fsp3) is 0. The largest absolute Gasteiger partial charge is 0.465 e. The van der Waals surface area contributed by atoms with Gasteiger partial charge in [0.15, 0.2) is 0 Å². The molecule has 1 aromatic heterocycles. The van der Waals surface area contributed by atoms with Crippen molar-refractivity contribution in [3.05, 3.63) is 42.2 Å². The average Bonchev–Trinajstić information content (AvgIpc) is 2.27. The van der Waals surface area contributed by atoms with Crippen molar-refractivity contribution >= 4 is 12.0 Å². The van der Waals surface area contributed by atoms with E-state index in [1.807, 2.05) is 5.32 Å². The second-order valence-electron chi connectivity index (χ2n) is 3.38. The molecule has 0 aliphatic rings. The molecule has 1 heterocycles. The number of rotatable bonds is 2. The molecule has 0 saturated heterocycles. The molecule has 0 spiro atoms. The highest BCUT2D eigenvalue weighted by atomic mass is 19.1. The van der Waals surface area contributed by atoms with Crippen molar-refractivity contribution in [3.8, 4) is 11.1 Å². The van der Waals surface area contributed by atoms with E-state index in [0.717, 1.165) is 18.2 Å². The fourth-order valence-electron chi connectivity index (χ4n) is 1.36. The minimum atomic E-state index is -1.29. The second kappa shape index (κ2) is 4.74. The molecule has 2 rings (SSSR count). The van der Waals surface area contributed by atoms with Crippen molar-refractivity contribution in [2.45, 2.75) is 0 Å². The Morgan fingerprint density at radius 1 is 1.06 bits per heavy atom. The summed E-state index contributed by atoms with van der Waals surface area (Å²) in [6, 6.07) is 3.02. The predicted octanol–water partition coefficient (Wildman–Crippen LogP) is 2.51. The molecule has 0 radical (unpaired) electrons. The Labute approximate surface area is 100 Å². The maximum absolute atomic E-state index is 13.0. The summed E-state index contributed by atoms with van der Waals surface area (Å²) in [7, 11) is 0. The van der Waals surface area contributed by atoms with Gasteiger partial charge in [-0.15, -0.1) is 0 Å². The van der Waals surface area contributed by atoms with Crippen LogP contribution in [0.4, 0.5) is 19.5 Å². The zero-order chi connectivity index (χ0) is 13.1. The van der Waals surface area contributed by atoms with E-state index in [1.165, 1.54) is 12.4 Å². The van der Waals surface area contributed by atoms with Crippen LogP contribution in [-0.2, 0) is 0 Å². The molecule has 0 bridgehead atoms. The van der Waals surface area contributed by atoms with Gasteiger partial charge in [-0.1, -0.05) is 0 Å². The normalized spacial score (nSPS) is 10.1. The van der Waals surface area contributed by atoms with Crippen LogP contribution in [0.2, 0.25) is 0 Å². The zero-order valence-electron chi connectivity index (χ0n) is 8.89. The number of aromatic nitrogens is 2. The molecule has 2 N–H and O–H groups in total. The molecule has 1 amide bonds. The molecule has 0 aliphatic heterocycles. The van der Waals surface area contributed by atoms with E-state index >= 15 is 0 Å². The van der Waals surface area contributed by atoms with Crippen molar-refractivity contribution in [1.82, 2.24) is 9.97 Å². The Hall–Kier alpha value is -2.57. The number of benzene rings is 1. The molecular formula is C11H7F2N3O2. The van der Waals surface area contributed by atoms with Gasteiger partial charge in [-0.25, -0.2) is 23.5 Å². The predicted molar refractivity (Wildman–Crippen MR) is 59.0 cm³/mol. The summed E-state index contributed by atoms with van der Waals surface area (Å²) in [5.41, 5.74) is 0.652. The van der Waals surface area contributed by atoms with E-state index in [4.69, 9.17) is 5.11 Å². The molecule has 0 saturated carbocycles. The Balaban J connectivity index is 2.31. The van der Waals surface area contributed by atoms with E-state index in [0.29, 0.717) is 5.56 Å². The number of nitrogens with zero attached hydrogens (tertiary/aromatic N) is 2. The van der Waals surface area contributed by atoms with Gasteiger partial charge in [-0.05, 0) is 17.7 Å². The topological polar surface area (TPSA) is 75.1 Å². The van der Waals surface area contributed by atoms with E-state index in [1.54, 1.807) is 0 Å². The number of anilines is 1. The van der Waals surface area contributed by atoms with Crippen molar-refractivity contribution in [3.63, 3.8) is 0 Å². The highest BCUT2D eigenvalue weighted by Crippen LogP contribution is 2.20. The zero-order valence-corrected chi connectivity index (χ0v) is 8.89. The number of hydrogen-bond donors (Lipinski definition) is 2. The lowest BCUT2D eigenvalue weighted by Crippen LogP contribution is -2.10. The molecule has 5 nitrogen and oxygen atoms in total. The molecular weight excluding hydrogens is 244 g/mol. The first-order chi connectivity index (χ1) is 8.54. The molecule has 18 heavy (non-hydrogen) atoms. The first-order valence-electron chi connectivity index (χ1n) is 4.83. The number of hydrogen-bond acceptors (Lipinski definition) is 3. The van der Waals surface area contributed by atoms with Crippen molar-refractivity contribution in [1.29, 1.82) is 0 Å². The Morgan fingerprint density at radius 3 is 2.11 bits per heavy atom. The summed E-state index contributed by atoms with van der Waals surface area (Å²) in [6.45, 7) is 0. The Morgan fingerprint density at radius 2 is 1.61 bits per heavy atom. The third-order valence-corrected chi connectivity index (χ3v) is 2.07. The maximum Gasteiger partial charge on any atom is 0.411 e. The quantitative estimate of drug-likeness (QED) is 0.859. The van der Waals surface area contributed by atoms with Gasteiger partial charge >= 0.3 is 6.09 Å². The lowest BCUT2D eigenvalue weighted by atomic mass is 10.1. The van der Waals surface area contributed by atoms with Gasteiger partial charge in [-0.2, -0.15) is 0 Å². The van der Waals surface area contributed by atoms with Crippen LogP contribution in [0.15, 0.2) is 30.6 Å². The fourth-order valence-corrected chi connectivity index (χ4v) is 1.36. The standard InChI is InChI=1S/C11H7F2N3O2/c12-8-1-6(2-9(13)3-8)7-4-14-10(15-5-7)16-11(17)18/h1-5H,(H,17,18)(H,14,15,16). The van der Waals surface area contributed by atoms with E-state index < -0.39 is 17.7 Å². The van der Waals surface area contributed by atoms with Crippen LogP contribution >= 0.6 is 0 Å². The number of carboxylic acid groups (broad SMARTS) is 1. The van der Waals surface area contributed by atoms with Gasteiger partial charge in [-0.3, -0.25) is 5.32 Å². The SMILES string of the molecule is O=C(O)Nc1ncc(-c2cc(F)cc(F)c2)cn1. The number of carbonyl (C=O) groups is 1. The van der Waals surface area contributed by atoms with Crippen LogP contribution in [0, 0.1) is 11.6 Å². The molecule has 0 fully saturated rings. The summed E-state index contributed by atoms with van der Waals surface area (Å²) in [5, 5.41) is 10.4.